The monoisotopic (exact) mass is 232 g/mol. The van der Waals surface area contributed by atoms with Crippen LogP contribution >= 0.6 is 0 Å². The molecule has 0 aromatic rings. The van der Waals surface area contributed by atoms with Crippen LogP contribution in [0.2, 0.25) is 0 Å². The predicted molar refractivity (Wildman–Crippen MR) is 52.5 cm³/mol. The number of carboxylic acids is 2. The van der Waals surface area contributed by atoms with Crippen molar-refractivity contribution in [3.63, 3.8) is 0 Å². The number of halogens is 2. The number of hydrogen-bond acceptors (Lipinski definition) is 2. The van der Waals surface area contributed by atoms with Gasteiger partial charge in [0.05, 0.1) is 11.1 Å². The average molecular weight is 232 g/mol. The second kappa shape index (κ2) is 5.79. The molecule has 0 aliphatic carbocycles. The third kappa shape index (κ3) is 3.01. The molecule has 0 amide bonds. The van der Waals surface area contributed by atoms with Gasteiger partial charge < -0.3 is 10.2 Å². The van der Waals surface area contributed by atoms with E-state index in [9.17, 15) is 18.4 Å². The van der Waals surface area contributed by atoms with Crippen LogP contribution in [0.3, 0.4) is 0 Å². The van der Waals surface area contributed by atoms with Crippen LogP contribution in [0.25, 0.3) is 0 Å². The van der Waals surface area contributed by atoms with Crippen molar-refractivity contribution in [2.24, 2.45) is 0 Å². The molecule has 0 heterocycles. The van der Waals surface area contributed by atoms with Crippen LogP contribution in [0.15, 0.2) is 36.5 Å². The number of alkyl halides is 2. The van der Waals surface area contributed by atoms with E-state index in [1.807, 2.05) is 0 Å². The Morgan fingerprint density at radius 2 is 1.19 bits per heavy atom. The molecule has 0 bridgehead atoms. The van der Waals surface area contributed by atoms with Crippen LogP contribution in [-0.2, 0) is 9.59 Å². The second-order valence-corrected chi connectivity index (χ2v) is 2.71. The number of rotatable bonds is 6. The first-order valence-electron chi connectivity index (χ1n) is 4.10. The lowest BCUT2D eigenvalue weighted by Crippen LogP contribution is -2.23. The molecule has 88 valence electrons. The molecule has 2 unspecified atom stereocenters. The third-order valence-corrected chi connectivity index (χ3v) is 1.72. The molecule has 0 aromatic carbocycles. The van der Waals surface area contributed by atoms with Gasteiger partial charge in [-0.1, -0.05) is 25.3 Å². The maximum absolute atomic E-state index is 13.1. The highest BCUT2D eigenvalue weighted by Gasteiger charge is 2.30. The maximum Gasteiger partial charge on any atom is 0.335 e. The topological polar surface area (TPSA) is 74.6 Å². The summed E-state index contributed by atoms with van der Waals surface area (Å²) in [4.78, 5) is 21.3. The minimum absolute atomic E-state index is 0.572. The Morgan fingerprint density at radius 1 is 0.938 bits per heavy atom. The van der Waals surface area contributed by atoms with Crippen LogP contribution in [0, 0.1) is 0 Å². The van der Waals surface area contributed by atoms with Crippen molar-refractivity contribution in [3.8, 4) is 0 Å². The van der Waals surface area contributed by atoms with E-state index in [2.05, 4.69) is 13.2 Å². The van der Waals surface area contributed by atoms with Crippen LogP contribution in [0.5, 0.6) is 0 Å². The Hall–Kier alpha value is -1.98. The summed E-state index contributed by atoms with van der Waals surface area (Å²) in [5.74, 6) is -3.70. The Balaban J connectivity index is 5.81. The second-order valence-electron chi connectivity index (χ2n) is 2.71. The van der Waals surface area contributed by atoms with Crippen molar-refractivity contribution in [3.05, 3.63) is 36.5 Å². The van der Waals surface area contributed by atoms with E-state index in [0.717, 1.165) is 0 Å². The van der Waals surface area contributed by atoms with Gasteiger partial charge in [-0.3, -0.25) is 0 Å². The first kappa shape index (κ1) is 14.0. The van der Waals surface area contributed by atoms with Gasteiger partial charge in [0.2, 0.25) is 0 Å². The molecule has 0 aliphatic heterocycles. The number of carbonyl (C=O) groups is 2. The quantitative estimate of drug-likeness (QED) is 0.537. The molecule has 2 atom stereocenters. The van der Waals surface area contributed by atoms with Crippen molar-refractivity contribution in [1.82, 2.24) is 0 Å². The molecular weight excluding hydrogens is 222 g/mol. The molecule has 2 N–H and O–H groups in total. The molecular formula is C10H10F2O4. The molecule has 0 saturated heterocycles. The van der Waals surface area contributed by atoms with Gasteiger partial charge in [-0.05, 0) is 0 Å². The normalized spacial score (nSPS) is 15.6. The molecule has 0 radical (unpaired) electrons. The lowest BCUT2D eigenvalue weighted by atomic mass is 9.99. The van der Waals surface area contributed by atoms with Gasteiger partial charge in [0, 0.05) is 0 Å². The number of hydrogen-bond donors (Lipinski definition) is 2. The zero-order chi connectivity index (χ0) is 12.9. The zero-order valence-corrected chi connectivity index (χ0v) is 8.19. The lowest BCUT2D eigenvalue weighted by molar-refractivity contribution is -0.136. The van der Waals surface area contributed by atoms with E-state index in [1.54, 1.807) is 0 Å². The Labute approximate surface area is 90.2 Å². The molecule has 0 aromatic heterocycles. The molecule has 6 heteroatoms. The van der Waals surface area contributed by atoms with Crippen molar-refractivity contribution in [2.75, 3.05) is 0 Å². The molecule has 0 rings (SSSR count). The number of aliphatic carboxylic acids is 2. The molecule has 0 aliphatic rings. The van der Waals surface area contributed by atoms with Gasteiger partial charge in [0.25, 0.3) is 0 Å². The fraction of sp³-hybridized carbons (Fsp3) is 0.200. The largest absolute Gasteiger partial charge is 0.478 e. The maximum atomic E-state index is 13.1. The highest BCUT2D eigenvalue weighted by atomic mass is 19.1. The number of allylic oxidation sites excluding steroid dienone is 2. The summed E-state index contributed by atoms with van der Waals surface area (Å²) in [6.07, 6.45) is -3.38. The summed E-state index contributed by atoms with van der Waals surface area (Å²) in [7, 11) is 0. The SMILES string of the molecule is C=CC(F)C(C(=O)O)=C(C(=O)O)C(F)C=C. The first-order valence-corrected chi connectivity index (χ1v) is 4.10. The Morgan fingerprint density at radius 3 is 1.31 bits per heavy atom. The average Bonchev–Trinajstić information content (AvgIpc) is 2.22. The molecule has 16 heavy (non-hydrogen) atoms. The van der Waals surface area contributed by atoms with Crippen LogP contribution in [0.4, 0.5) is 8.78 Å². The van der Waals surface area contributed by atoms with E-state index in [-0.39, 0.29) is 0 Å². The fourth-order valence-electron chi connectivity index (χ4n) is 0.999. The molecule has 0 fully saturated rings. The van der Waals surface area contributed by atoms with E-state index >= 15 is 0 Å². The lowest BCUT2D eigenvalue weighted by Gasteiger charge is -2.11. The van der Waals surface area contributed by atoms with E-state index in [1.165, 1.54) is 0 Å². The summed E-state index contributed by atoms with van der Waals surface area (Å²) in [5, 5.41) is 17.3. The van der Waals surface area contributed by atoms with E-state index in [4.69, 9.17) is 10.2 Å². The summed E-state index contributed by atoms with van der Waals surface area (Å²) in [6.45, 7) is 5.95. The molecule has 4 nitrogen and oxygen atoms in total. The van der Waals surface area contributed by atoms with Gasteiger partial charge in [-0.15, -0.1) is 0 Å². The predicted octanol–water partition coefficient (Wildman–Crippen LogP) is 1.50. The molecule has 0 spiro atoms. The molecule has 0 saturated carbocycles. The van der Waals surface area contributed by atoms with Gasteiger partial charge >= 0.3 is 11.9 Å². The third-order valence-electron chi connectivity index (χ3n) is 1.72. The number of carboxylic acid groups (broad SMARTS) is 2. The van der Waals surface area contributed by atoms with Crippen molar-refractivity contribution < 1.29 is 28.6 Å². The zero-order valence-electron chi connectivity index (χ0n) is 8.19. The Bertz CT molecular complexity index is 326. The minimum Gasteiger partial charge on any atom is -0.478 e. The van der Waals surface area contributed by atoms with Gasteiger partial charge in [-0.25, -0.2) is 18.4 Å². The van der Waals surface area contributed by atoms with Crippen molar-refractivity contribution >= 4 is 11.9 Å². The van der Waals surface area contributed by atoms with Crippen LogP contribution in [0.1, 0.15) is 0 Å². The van der Waals surface area contributed by atoms with Crippen LogP contribution in [-0.4, -0.2) is 34.5 Å². The van der Waals surface area contributed by atoms with Gasteiger partial charge in [-0.2, -0.15) is 0 Å². The highest BCUT2D eigenvalue weighted by molar-refractivity contribution is 6.00. The minimum atomic E-state index is -2.26. The van der Waals surface area contributed by atoms with Gasteiger partial charge in [0.1, 0.15) is 0 Å². The van der Waals surface area contributed by atoms with E-state index < -0.39 is 35.4 Å². The first-order chi connectivity index (χ1) is 7.36. The summed E-state index contributed by atoms with van der Waals surface area (Å²) in [5.41, 5.74) is -2.37. The smallest absolute Gasteiger partial charge is 0.335 e. The van der Waals surface area contributed by atoms with E-state index in [0.29, 0.717) is 12.2 Å². The Kier molecular flexibility index (Phi) is 5.08. The standard InChI is InChI=1S/C10H10F2O4/c1-3-5(11)7(9(13)14)8(10(15)16)6(12)4-2/h3-6H,1-2H2,(H,13,14)(H,15,16). The van der Waals surface area contributed by atoms with Crippen LogP contribution < -0.4 is 0 Å². The summed E-state index contributed by atoms with van der Waals surface area (Å²) >= 11 is 0. The van der Waals surface area contributed by atoms with Crippen molar-refractivity contribution in [1.29, 1.82) is 0 Å². The summed E-state index contributed by atoms with van der Waals surface area (Å²) in [6, 6.07) is 0. The fourth-order valence-corrected chi connectivity index (χ4v) is 0.999. The van der Waals surface area contributed by atoms with Crippen molar-refractivity contribution in [2.45, 2.75) is 12.3 Å². The summed E-state index contributed by atoms with van der Waals surface area (Å²) < 4.78 is 26.3. The van der Waals surface area contributed by atoms with Gasteiger partial charge in [0.15, 0.2) is 12.3 Å². The highest BCUT2D eigenvalue weighted by Crippen LogP contribution is 2.20.